The Labute approximate surface area is 208 Å². The number of nitriles is 1. The number of benzene rings is 1. The molecule has 7 nitrogen and oxygen atoms in total. The van der Waals surface area contributed by atoms with Crippen LogP contribution >= 0.6 is 11.3 Å². The lowest BCUT2D eigenvalue weighted by molar-refractivity contribution is 0.256. The Morgan fingerprint density at radius 1 is 1.14 bits per heavy atom. The summed E-state index contributed by atoms with van der Waals surface area (Å²) in [6.07, 6.45) is 8.14. The van der Waals surface area contributed by atoms with Crippen LogP contribution in [0.4, 0.5) is 11.6 Å². The van der Waals surface area contributed by atoms with Crippen LogP contribution in [0, 0.1) is 11.3 Å². The molecule has 0 unspecified atom stereocenters. The van der Waals surface area contributed by atoms with Crippen molar-refractivity contribution in [1.82, 2.24) is 19.4 Å². The smallest absolute Gasteiger partial charge is 0.270 e. The van der Waals surface area contributed by atoms with E-state index in [0.29, 0.717) is 17.5 Å². The molecule has 4 heterocycles. The molecule has 2 fully saturated rings. The van der Waals surface area contributed by atoms with Crippen molar-refractivity contribution in [3.63, 3.8) is 0 Å². The minimum Gasteiger partial charge on any atom is -0.324 e. The maximum Gasteiger partial charge on any atom is 0.270 e. The Hall–Kier alpha value is -3.28. The van der Waals surface area contributed by atoms with E-state index in [2.05, 4.69) is 45.8 Å². The number of hydrogen-bond acceptors (Lipinski definition) is 7. The van der Waals surface area contributed by atoms with Crippen LogP contribution in [0.5, 0.6) is 0 Å². The molecule has 1 saturated heterocycles. The van der Waals surface area contributed by atoms with Crippen molar-refractivity contribution in [3.05, 3.63) is 57.3 Å². The minimum atomic E-state index is -0.251. The maximum absolute atomic E-state index is 13.1. The Kier molecular flexibility index (Phi) is 5.75. The monoisotopic (exact) mass is 484 g/mol. The van der Waals surface area contributed by atoms with Gasteiger partial charge in [0, 0.05) is 28.0 Å². The van der Waals surface area contributed by atoms with Gasteiger partial charge in [-0.15, -0.1) is 11.3 Å². The van der Waals surface area contributed by atoms with Gasteiger partial charge < -0.3 is 10.2 Å². The summed E-state index contributed by atoms with van der Waals surface area (Å²) in [6, 6.07) is 10.2. The molecule has 3 aromatic heterocycles. The van der Waals surface area contributed by atoms with Crippen molar-refractivity contribution in [2.75, 3.05) is 25.5 Å². The van der Waals surface area contributed by atoms with Gasteiger partial charge in [0.25, 0.3) is 5.56 Å². The molecule has 6 rings (SSSR count). The number of thiophene rings is 1. The number of pyridine rings is 1. The molecule has 178 valence electrons. The van der Waals surface area contributed by atoms with E-state index in [1.807, 2.05) is 17.4 Å². The van der Waals surface area contributed by atoms with Gasteiger partial charge in [-0.1, -0.05) is 12.8 Å². The predicted molar refractivity (Wildman–Crippen MR) is 141 cm³/mol. The zero-order valence-corrected chi connectivity index (χ0v) is 20.6. The van der Waals surface area contributed by atoms with Crippen LogP contribution in [-0.2, 0) is 0 Å². The first-order valence-corrected chi connectivity index (χ1v) is 13.3. The number of fused-ring (bicyclic) bond motifs is 2. The lowest BCUT2D eigenvalue weighted by Crippen LogP contribution is -2.29. The summed E-state index contributed by atoms with van der Waals surface area (Å²) in [4.78, 5) is 24.7. The molecule has 1 aliphatic carbocycles. The average molecular weight is 485 g/mol. The molecule has 0 amide bonds. The van der Waals surface area contributed by atoms with Crippen LogP contribution in [0.2, 0.25) is 0 Å². The van der Waals surface area contributed by atoms with Crippen molar-refractivity contribution in [1.29, 1.82) is 5.26 Å². The molecule has 8 heteroatoms. The van der Waals surface area contributed by atoms with Gasteiger partial charge in [-0.3, -0.25) is 9.36 Å². The normalized spacial score (nSPS) is 17.8. The number of likely N-dealkylation sites (tertiary alicyclic amines) is 1. The number of nitrogens with zero attached hydrogens (tertiary/aromatic N) is 5. The highest BCUT2D eigenvalue weighted by molar-refractivity contribution is 7.17. The predicted octanol–water partition coefficient (Wildman–Crippen LogP) is 5.55. The first-order valence-electron chi connectivity index (χ1n) is 12.4. The summed E-state index contributed by atoms with van der Waals surface area (Å²) in [7, 11) is 2.20. The van der Waals surface area contributed by atoms with Crippen LogP contribution in [0.15, 0.2) is 40.6 Å². The second-order valence-corrected chi connectivity index (χ2v) is 10.8. The fourth-order valence-electron chi connectivity index (χ4n) is 5.65. The lowest BCUT2D eigenvalue weighted by Gasteiger charge is -2.28. The third kappa shape index (κ3) is 4.09. The van der Waals surface area contributed by atoms with E-state index < -0.39 is 0 Å². The van der Waals surface area contributed by atoms with Crippen molar-refractivity contribution >= 4 is 44.1 Å². The molecule has 1 N–H and O–H groups in total. The fourth-order valence-corrected chi connectivity index (χ4v) is 6.68. The summed E-state index contributed by atoms with van der Waals surface area (Å²) in [5, 5.41) is 17.2. The van der Waals surface area contributed by atoms with Gasteiger partial charge in [-0.2, -0.15) is 10.2 Å². The lowest BCUT2D eigenvalue weighted by atomic mass is 9.89. The van der Waals surface area contributed by atoms with Crippen LogP contribution < -0.4 is 10.9 Å². The highest BCUT2D eigenvalue weighted by Crippen LogP contribution is 2.38. The fraction of sp³-hybridized carbons (Fsp3) is 0.407. The van der Waals surface area contributed by atoms with Gasteiger partial charge in [-0.05, 0) is 92.3 Å². The zero-order valence-electron chi connectivity index (χ0n) is 19.8. The first kappa shape index (κ1) is 22.2. The summed E-state index contributed by atoms with van der Waals surface area (Å²) in [5.41, 5.74) is 2.88. The standard InChI is InChI=1S/C27H28N6OS/c1-32-10-8-17(9-11-32)23-16-35-24-7-6-20(13-22(23)24)30-27-29-15-19-12-18(14-28)26(34)33(25(19)31-27)21-4-2-3-5-21/h6-7,12-13,15-17,21H,2-5,8-11H2,1H3,(H,29,30,31). The summed E-state index contributed by atoms with van der Waals surface area (Å²) in [6.45, 7) is 2.28. The molecule has 1 aromatic carbocycles. The van der Waals surface area contributed by atoms with Crippen molar-refractivity contribution in [2.24, 2.45) is 0 Å². The molecule has 35 heavy (non-hydrogen) atoms. The van der Waals surface area contributed by atoms with Crippen LogP contribution in [0.1, 0.15) is 61.6 Å². The molecule has 0 atom stereocenters. The summed E-state index contributed by atoms with van der Waals surface area (Å²) < 4.78 is 3.02. The third-order valence-corrected chi connectivity index (χ3v) is 8.58. The van der Waals surface area contributed by atoms with Gasteiger partial charge in [0.15, 0.2) is 0 Å². The van der Waals surface area contributed by atoms with Crippen LogP contribution in [0.25, 0.3) is 21.1 Å². The van der Waals surface area contributed by atoms with Gasteiger partial charge in [0.05, 0.1) is 0 Å². The second kappa shape index (κ2) is 9.06. The van der Waals surface area contributed by atoms with E-state index >= 15 is 0 Å². The van der Waals surface area contributed by atoms with E-state index in [1.54, 1.807) is 16.8 Å². The van der Waals surface area contributed by atoms with Crippen LogP contribution in [0.3, 0.4) is 0 Å². The number of anilines is 2. The molecule has 0 radical (unpaired) electrons. The second-order valence-electron chi connectivity index (χ2n) is 9.86. The Morgan fingerprint density at radius 3 is 2.71 bits per heavy atom. The van der Waals surface area contributed by atoms with Gasteiger partial charge in [0.1, 0.15) is 17.3 Å². The number of hydrogen-bond donors (Lipinski definition) is 1. The minimum absolute atomic E-state index is 0.0836. The zero-order chi connectivity index (χ0) is 23.9. The van der Waals surface area contributed by atoms with Gasteiger partial charge in [0.2, 0.25) is 5.95 Å². The number of nitrogens with one attached hydrogen (secondary N) is 1. The molecule has 1 aliphatic heterocycles. The van der Waals surface area contributed by atoms with Crippen molar-refractivity contribution < 1.29 is 0 Å². The largest absolute Gasteiger partial charge is 0.324 e. The van der Waals surface area contributed by atoms with Gasteiger partial charge >= 0.3 is 0 Å². The molecule has 4 aromatic rings. The molecule has 2 aliphatic rings. The topological polar surface area (TPSA) is 86.8 Å². The highest BCUT2D eigenvalue weighted by atomic mass is 32.1. The Bertz CT molecular complexity index is 1500. The number of rotatable bonds is 4. The SMILES string of the molecule is CN1CCC(c2csc3ccc(Nc4ncc5cc(C#N)c(=O)n(C6CCCC6)c5n4)cc23)CC1. The van der Waals surface area contributed by atoms with E-state index in [4.69, 9.17) is 4.98 Å². The summed E-state index contributed by atoms with van der Waals surface area (Å²) in [5.74, 6) is 1.06. The van der Waals surface area contributed by atoms with Gasteiger partial charge in [-0.25, -0.2) is 4.98 Å². The molecular formula is C27H28N6OS. The number of aromatic nitrogens is 3. The van der Waals surface area contributed by atoms with E-state index in [9.17, 15) is 10.1 Å². The quantitative estimate of drug-likeness (QED) is 0.409. The molecular weight excluding hydrogens is 456 g/mol. The van der Waals surface area contributed by atoms with Crippen molar-refractivity contribution in [2.45, 2.75) is 50.5 Å². The maximum atomic E-state index is 13.1. The van der Waals surface area contributed by atoms with E-state index in [1.165, 1.54) is 28.5 Å². The molecule has 0 bridgehead atoms. The van der Waals surface area contributed by atoms with E-state index in [-0.39, 0.29) is 17.2 Å². The third-order valence-electron chi connectivity index (χ3n) is 7.60. The molecule has 1 saturated carbocycles. The average Bonchev–Trinajstić information content (AvgIpc) is 3.54. The number of piperidine rings is 1. The van der Waals surface area contributed by atoms with E-state index in [0.717, 1.165) is 49.8 Å². The van der Waals surface area contributed by atoms with Crippen LogP contribution in [-0.4, -0.2) is 39.6 Å². The first-order chi connectivity index (χ1) is 17.1. The molecule has 0 spiro atoms. The highest BCUT2D eigenvalue weighted by Gasteiger charge is 2.23. The Balaban J connectivity index is 1.36. The summed E-state index contributed by atoms with van der Waals surface area (Å²) >= 11 is 1.81. The Morgan fingerprint density at radius 2 is 1.94 bits per heavy atom. The van der Waals surface area contributed by atoms with Crippen molar-refractivity contribution in [3.8, 4) is 6.07 Å².